The Kier molecular flexibility index (Phi) is 6.83. The molecule has 1 saturated heterocycles. The number of amides is 2. The molecule has 0 saturated carbocycles. The lowest BCUT2D eigenvalue weighted by Gasteiger charge is -2.40. The topological polar surface area (TPSA) is 102 Å². The standard InChI is InChI=1S/C22H22BrN5O3S/c1-31-12-18-22(30)27(11-14-2-5-16-17(10-14)25-13-26-21(16)24)8-9-28(18)20(29)7-4-15-3-6-19(23)32-15/h2-7,10,13,18H,8-9,11-12H2,1H3,(H2,24,25,26)/b7-4+. The Balaban J connectivity index is 1.48. The lowest BCUT2D eigenvalue weighted by Crippen LogP contribution is -2.59. The number of anilines is 1. The van der Waals surface area contributed by atoms with E-state index >= 15 is 0 Å². The zero-order valence-electron chi connectivity index (χ0n) is 17.4. The highest BCUT2D eigenvalue weighted by Crippen LogP contribution is 2.24. The molecule has 2 amide bonds. The summed E-state index contributed by atoms with van der Waals surface area (Å²) in [4.78, 5) is 38.6. The number of benzene rings is 1. The van der Waals surface area contributed by atoms with Crippen molar-refractivity contribution in [1.29, 1.82) is 0 Å². The Labute approximate surface area is 197 Å². The van der Waals surface area contributed by atoms with Crippen molar-refractivity contribution >= 4 is 61.9 Å². The predicted octanol–water partition coefficient (Wildman–Crippen LogP) is 2.94. The highest BCUT2D eigenvalue weighted by atomic mass is 79.9. The van der Waals surface area contributed by atoms with Gasteiger partial charge in [0, 0.05) is 43.1 Å². The number of thiophene rings is 1. The van der Waals surface area contributed by atoms with Crippen molar-refractivity contribution < 1.29 is 14.3 Å². The number of nitrogens with zero attached hydrogens (tertiary/aromatic N) is 4. The van der Waals surface area contributed by atoms with Gasteiger partial charge >= 0.3 is 0 Å². The van der Waals surface area contributed by atoms with E-state index in [1.807, 2.05) is 30.3 Å². The fourth-order valence-electron chi connectivity index (χ4n) is 3.69. The summed E-state index contributed by atoms with van der Waals surface area (Å²) < 4.78 is 6.26. The number of carbonyl (C=O) groups is 2. The minimum absolute atomic E-state index is 0.138. The second kappa shape index (κ2) is 9.76. The molecule has 0 bridgehead atoms. The van der Waals surface area contributed by atoms with E-state index in [1.54, 1.807) is 15.9 Å². The van der Waals surface area contributed by atoms with Crippen molar-refractivity contribution in [2.45, 2.75) is 12.6 Å². The van der Waals surface area contributed by atoms with Gasteiger partial charge in [0.15, 0.2) is 0 Å². The number of nitrogen functional groups attached to an aromatic ring is 1. The van der Waals surface area contributed by atoms with Crippen LogP contribution in [0.3, 0.4) is 0 Å². The fraction of sp³-hybridized carbons (Fsp3) is 0.273. The highest BCUT2D eigenvalue weighted by Gasteiger charge is 2.36. The molecule has 3 aromatic rings. The summed E-state index contributed by atoms with van der Waals surface area (Å²) in [6.07, 6.45) is 4.70. The predicted molar refractivity (Wildman–Crippen MR) is 128 cm³/mol. The van der Waals surface area contributed by atoms with Crippen molar-refractivity contribution in [2.24, 2.45) is 0 Å². The minimum atomic E-state index is -0.667. The monoisotopic (exact) mass is 515 g/mol. The molecule has 0 aliphatic carbocycles. The van der Waals surface area contributed by atoms with Gasteiger partial charge in [-0.2, -0.15) is 0 Å². The molecule has 8 nitrogen and oxygen atoms in total. The van der Waals surface area contributed by atoms with Gasteiger partial charge in [-0.25, -0.2) is 9.97 Å². The molecule has 1 atom stereocenters. The Morgan fingerprint density at radius 1 is 1.31 bits per heavy atom. The Bertz CT molecular complexity index is 1180. The van der Waals surface area contributed by atoms with Gasteiger partial charge in [0.1, 0.15) is 18.2 Å². The quantitative estimate of drug-likeness (QED) is 0.506. The molecule has 4 rings (SSSR count). The summed E-state index contributed by atoms with van der Waals surface area (Å²) in [5, 5.41) is 0.778. The molecule has 1 aliphatic heterocycles. The summed E-state index contributed by atoms with van der Waals surface area (Å²) in [6.45, 7) is 1.42. The zero-order valence-corrected chi connectivity index (χ0v) is 19.8. The molecular formula is C22H22BrN5O3S. The molecular weight excluding hydrogens is 494 g/mol. The molecule has 1 aliphatic rings. The maximum absolute atomic E-state index is 13.2. The van der Waals surface area contributed by atoms with Crippen molar-refractivity contribution in [3.05, 3.63) is 57.0 Å². The molecule has 166 valence electrons. The Hall–Kier alpha value is -2.82. The largest absolute Gasteiger partial charge is 0.383 e. The number of piperazine rings is 1. The molecule has 3 heterocycles. The van der Waals surface area contributed by atoms with Crippen LogP contribution in [0.5, 0.6) is 0 Å². The van der Waals surface area contributed by atoms with Gasteiger partial charge in [-0.15, -0.1) is 11.3 Å². The van der Waals surface area contributed by atoms with E-state index in [-0.39, 0.29) is 18.4 Å². The van der Waals surface area contributed by atoms with Gasteiger partial charge in [-0.05, 0) is 51.8 Å². The van der Waals surface area contributed by atoms with E-state index < -0.39 is 6.04 Å². The van der Waals surface area contributed by atoms with Gasteiger partial charge in [0.2, 0.25) is 11.8 Å². The van der Waals surface area contributed by atoms with Crippen LogP contribution in [0.4, 0.5) is 5.82 Å². The van der Waals surface area contributed by atoms with Crippen LogP contribution in [-0.2, 0) is 20.9 Å². The maximum atomic E-state index is 13.2. The van der Waals surface area contributed by atoms with E-state index in [0.717, 1.165) is 25.1 Å². The van der Waals surface area contributed by atoms with Crippen LogP contribution in [0, 0.1) is 0 Å². The van der Waals surface area contributed by atoms with Crippen LogP contribution in [-0.4, -0.2) is 64.4 Å². The first kappa shape index (κ1) is 22.4. The SMILES string of the molecule is COCC1C(=O)N(Cc2ccc3c(N)ncnc3c2)CCN1C(=O)/C=C/c1ccc(Br)s1. The van der Waals surface area contributed by atoms with Gasteiger partial charge < -0.3 is 20.3 Å². The summed E-state index contributed by atoms with van der Waals surface area (Å²) in [7, 11) is 1.53. The number of hydrogen-bond acceptors (Lipinski definition) is 7. The maximum Gasteiger partial charge on any atom is 0.248 e. The Morgan fingerprint density at radius 3 is 2.91 bits per heavy atom. The van der Waals surface area contributed by atoms with Gasteiger partial charge in [0.05, 0.1) is 15.9 Å². The van der Waals surface area contributed by atoms with Gasteiger partial charge in [-0.3, -0.25) is 9.59 Å². The summed E-state index contributed by atoms with van der Waals surface area (Å²) in [6, 6.07) is 8.88. The number of halogens is 1. The second-order valence-corrected chi connectivity index (χ2v) is 9.84. The Morgan fingerprint density at radius 2 is 2.16 bits per heavy atom. The number of rotatable bonds is 6. The van der Waals surface area contributed by atoms with E-state index in [1.165, 1.54) is 30.8 Å². The normalized spacial score (nSPS) is 16.9. The van der Waals surface area contributed by atoms with Crippen LogP contribution in [0.2, 0.25) is 0 Å². The molecule has 10 heteroatoms. The van der Waals surface area contributed by atoms with Crippen LogP contribution in [0.1, 0.15) is 10.4 Å². The number of ether oxygens (including phenoxy) is 1. The smallest absolute Gasteiger partial charge is 0.248 e. The van der Waals surface area contributed by atoms with E-state index in [0.29, 0.717) is 25.5 Å². The number of fused-ring (bicyclic) bond motifs is 1. The number of carbonyl (C=O) groups excluding carboxylic acids is 2. The fourth-order valence-corrected chi connectivity index (χ4v) is 5.01. The third-order valence-corrected chi connectivity index (χ3v) is 6.87. The molecule has 2 aromatic heterocycles. The summed E-state index contributed by atoms with van der Waals surface area (Å²) in [5.41, 5.74) is 7.56. The molecule has 32 heavy (non-hydrogen) atoms. The van der Waals surface area contributed by atoms with Gasteiger partial charge in [0.25, 0.3) is 0 Å². The van der Waals surface area contributed by atoms with Crippen LogP contribution in [0.25, 0.3) is 17.0 Å². The first-order valence-electron chi connectivity index (χ1n) is 9.97. The number of aromatic nitrogens is 2. The average Bonchev–Trinajstić information content (AvgIpc) is 3.20. The molecule has 0 radical (unpaired) electrons. The first-order valence-corrected chi connectivity index (χ1v) is 11.6. The summed E-state index contributed by atoms with van der Waals surface area (Å²) in [5.74, 6) is 0.0799. The molecule has 0 spiro atoms. The van der Waals surface area contributed by atoms with Crippen LogP contribution in [0.15, 0.2) is 46.5 Å². The third-order valence-electron chi connectivity index (χ3n) is 5.28. The number of methoxy groups -OCH3 is 1. The summed E-state index contributed by atoms with van der Waals surface area (Å²) >= 11 is 4.95. The van der Waals surface area contributed by atoms with Crippen molar-refractivity contribution in [2.75, 3.05) is 32.5 Å². The average molecular weight is 516 g/mol. The van der Waals surface area contributed by atoms with E-state index in [2.05, 4.69) is 25.9 Å². The molecule has 1 unspecified atom stereocenters. The lowest BCUT2D eigenvalue weighted by molar-refractivity contribution is -0.152. The van der Waals surface area contributed by atoms with Crippen molar-refractivity contribution in [1.82, 2.24) is 19.8 Å². The minimum Gasteiger partial charge on any atom is -0.383 e. The second-order valence-electron chi connectivity index (χ2n) is 7.35. The lowest BCUT2D eigenvalue weighted by atomic mass is 10.1. The third kappa shape index (κ3) is 4.82. The van der Waals surface area contributed by atoms with Crippen molar-refractivity contribution in [3.63, 3.8) is 0 Å². The number of nitrogens with two attached hydrogens (primary N) is 1. The van der Waals surface area contributed by atoms with E-state index in [9.17, 15) is 9.59 Å². The van der Waals surface area contributed by atoms with Crippen molar-refractivity contribution in [3.8, 4) is 0 Å². The number of hydrogen-bond donors (Lipinski definition) is 1. The van der Waals surface area contributed by atoms with Crippen LogP contribution < -0.4 is 5.73 Å². The van der Waals surface area contributed by atoms with Crippen LogP contribution >= 0.6 is 27.3 Å². The molecule has 2 N–H and O–H groups in total. The first-order chi connectivity index (χ1) is 15.5. The van der Waals surface area contributed by atoms with Gasteiger partial charge in [-0.1, -0.05) is 6.07 Å². The highest BCUT2D eigenvalue weighted by molar-refractivity contribution is 9.11. The zero-order chi connectivity index (χ0) is 22.7. The molecule has 1 aromatic carbocycles. The van der Waals surface area contributed by atoms with E-state index in [4.69, 9.17) is 10.5 Å². The molecule has 1 fully saturated rings.